The van der Waals surface area contributed by atoms with Crippen molar-refractivity contribution in [1.29, 1.82) is 0 Å². The fraction of sp³-hybridized carbons (Fsp3) is 0.238. The molecule has 28 heavy (non-hydrogen) atoms. The SMILES string of the molecule is CC(=O)c1ccc(NC(=O)C(C)Sc2nnc(-c3ccc(C)c(C)c3)o2)cc1. The zero-order valence-electron chi connectivity index (χ0n) is 16.1. The first-order chi connectivity index (χ1) is 13.3. The molecular formula is C21H21N3O3S. The Balaban J connectivity index is 1.63. The van der Waals surface area contributed by atoms with Crippen LogP contribution in [-0.2, 0) is 4.79 Å². The van der Waals surface area contributed by atoms with Gasteiger partial charge in [0, 0.05) is 16.8 Å². The van der Waals surface area contributed by atoms with Gasteiger partial charge in [-0.1, -0.05) is 17.8 Å². The van der Waals surface area contributed by atoms with Crippen molar-refractivity contribution in [3.05, 3.63) is 59.2 Å². The van der Waals surface area contributed by atoms with Crippen LogP contribution in [0.1, 0.15) is 35.3 Å². The standard InChI is InChI=1S/C21H21N3O3S/c1-12-5-6-17(11-13(12)2)20-23-24-21(27-20)28-15(4)19(26)22-18-9-7-16(8-10-18)14(3)25/h5-11,15H,1-4H3,(H,22,26). The molecular weight excluding hydrogens is 374 g/mol. The van der Waals surface area contributed by atoms with Crippen LogP contribution in [-0.4, -0.2) is 27.1 Å². The number of thioether (sulfide) groups is 1. The summed E-state index contributed by atoms with van der Waals surface area (Å²) in [6.45, 7) is 7.34. The molecule has 0 aliphatic rings. The number of carbonyl (C=O) groups is 2. The maximum Gasteiger partial charge on any atom is 0.277 e. The molecule has 3 aromatic rings. The van der Waals surface area contributed by atoms with Crippen LogP contribution in [0.25, 0.3) is 11.5 Å². The highest BCUT2D eigenvalue weighted by molar-refractivity contribution is 8.00. The van der Waals surface area contributed by atoms with E-state index < -0.39 is 5.25 Å². The highest BCUT2D eigenvalue weighted by Gasteiger charge is 2.19. The molecule has 1 unspecified atom stereocenters. The maximum atomic E-state index is 12.4. The molecule has 6 nitrogen and oxygen atoms in total. The zero-order chi connectivity index (χ0) is 20.3. The number of hydrogen-bond acceptors (Lipinski definition) is 6. The molecule has 0 bridgehead atoms. The molecule has 7 heteroatoms. The predicted molar refractivity (Wildman–Crippen MR) is 110 cm³/mol. The second kappa shape index (κ2) is 8.39. The second-order valence-electron chi connectivity index (χ2n) is 6.56. The molecule has 2 aromatic carbocycles. The monoisotopic (exact) mass is 395 g/mol. The molecule has 1 N–H and O–H groups in total. The van der Waals surface area contributed by atoms with Gasteiger partial charge in [0.1, 0.15) is 0 Å². The molecule has 0 fully saturated rings. The Morgan fingerprint density at radius 1 is 1.04 bits per heavy atom. The third kappa shape index (κ3) is 4.67. The Morgan fingerprint density at radius 2 is 1.75 bits per heavy atom. The molecule has 0 radical (unpaired) electrons. The average Bonchev–Trinajstić information content (AvgIpc) is 3.12. The molecule has 3 rings (SSSR count). The number of hydrogen-bond donors (Lipinski definition) is 1. The summed E-state index contributed by atoms with van der Waals surface area (Å²) < 4.78 is 5.70. The quantitative estimate of drug-likeness (QED) is 0.482. The number of aromatic nitrogens is 2. The Labute approximate surface area is 167 Å². The van der Waals surface area contributed by atoms with Gasteiger partial charge in [-0.05, 0) is 75.2 Å². The number of anilines is 1. The van der Waals surface area contributed by atoms with Gasteiger partial charge in [0.15, 0.2) is 5.78 Å². The Bertz CT molecular complexity index is 1010. The predicted octanol–water partition coefficient (Wildman–Crippen LogP) is 4.68. The van der Waals surface area contributed by atoms with Crippen LogP contribution in [0, 0.1) is 13.8 Å². The van der Waals surface area contributed by atoms with E-state index in [1.54, 1.807) is 31.2 Å². The molecule has 1 aromatic heterocycles. The van der Waals surface area contributed by atoms with Crippen molar-refractivity contribution >= 4 is 29.1 Å². The van der Waals surface area contributed by atoms with Gasteiger partial charge in [0.25, 0.3) is 5.22 Å². The minimum atomic E-state index is -0.430. The van der Waals surface area contributed by atoms with Gasteiger partial charge < -0.3 is 9.73 Å². The van der Waals surface area contributed by atoms with Crippen LogP contribution in [0.2, 0.25) is 0 Å². The number of rotatable bonds is 6. The molecule has 1 amide bonds. The number of aryl methyl sites for hydroxylation is 2. The summed E-state index contributed by atoms with van der Waals surface area (Å²) in [5, 5.41) is 10.8. The van der Waals surface area contributed by atoms with E-state index in [-0.39, 0.29) is 11.7 Å². The lowest BCUT2D eigenvalue weighted by molar-refractivity contribution is -0.115. The molecule has 144 valence electrons. The molecule has 0 saturated carbocycles. The third-order valence-electron chi connectivity index (χ3n) is 4.37. The summed E-state index contributed by atoms with van der Waals surface area (Å²) in [6, 6.07) is 12.7. The summed E-state index contributed by atoms with van der Waals surface area (Å²) in [7, 11) is 0. The summed E-state index contributed by atoms with van der Waals surface area (Å²) in [5.74, 6) is 0.224. The first-order valence-corrected chi connectivity index (χ1v) is 9.71. The maximum absolute atomic E-state index is 12.4. The number of ketones is 1. The van der Waals surface area contributed by atoms with E-state index in [0.717, 1.165) is 11.1 Å². The van der Waals surface area contributed by atoms with Crippen molar-refractivity contribution in [2.45, 2.75) is 38.2 Å². The van der Waals surface area contributed by atoms with E-state index in [0.29, 0.717) is 22.4 Å². The van der Waals surface area contributed by atoms with E-state index in [1.165, 1.54) is 24.2 Å². The van der Waals surface area contributed by atoms with Crippen LogP contribution < -0.4 is 5.32 Å². The van der Waals surface area contributed by atoms with Crippen molar-refractivity contribution in [2.75, 3.05) is 5.32 Å². The first kappa shape index (κ1) is 19.8. The smallest absolute Gasteiger partial charge is 0.277 e. The Morgan fingerprint density at radius 3 is 2.39 bits per heavy atom. The van der Waals surface area contributed by atoms with Gasteiger partial charge in [-0.15, -0.1) is 10.2 Å². The fourth-order valence-electron chi connectivity index (χ4n) is 2.49. The van der Waals surface area contributed by atoms with Crippen LogP contribution in [0.3, 0.4) is 0 Å². The summed E-state index contributed by atoms with van der Waals surface area (Å²) >= 11 is 1.20. The Kier molecular flexibility index (Phi) is 5.94. The molecule has 0 spiro atoms. The normalized spacial score (nSPS) is 11.9. The Hall–Kier alpha value is -2.93. The highest BCUT2D eigenvalue weighted by atomic mass is 32.2. The number of nitrogens with zero attached hydrogens (tertiary/aromatic N) is 2. The lowest BCUT2D eigenvalue weighted by Crippen LogP contribution is -2.22. The topological polar surface area (TPSA) is 85.1 Å². The third-order valence-corrected chi connectivity index (χ3v) is 5.30. The van der Waals surface area contributed by atoms with Gasteiger partial charge in [-0.3, -0.25) is 9.59 Å². The first-order valence-electron chi connectivity index (χ1n) is 8.83. The second-order valence-corrected chi connectivity index (χ2v) is 7.85. The van der Waals surface area contributed by atoms with Crippen molar-refractivity contribution < 1.29 is 14.0 Å². The van der Waals surface area contributed by atoms with Gasteiger partial charge in [-0.25, -0.2) is 0 Å². The zero-order valence-corrected chi connectivity index (χ0v) is 17.0. The fourth-order valence-corrected chi connectivity index (χ4v) is 3.17. The van der Waals surface area contributed by atoms with E-state index >= 15 is 0 Å². The van der Waals surface area contributed by atoms with Crippen LogP contribution in [0.5, 0.6) is 0 Å². The molecule has 0 aliphatic carbocycles. The van der Waals surface area contributed by atoms with Crippen LogP contribution >= 0.6 is 11.8 Å². The van der Waals surface area contributed by atoms with Gasteiger partial charge >= 0.3 is 0 Å². The van der Waals surface area contributed by atoms with E-state index in [9.17, 15) is 9.59 Å². The van der Waals surface area contributed by atoms with E-state index in [2.05, 4.69) is 15.5 Å². The minimum absolute atomic E-state index is 0.0160. The largest absolute Gasteiger partial charge is 0.411 e. The van der Waals surface area contributed by atoms with E-state index in [4.69, 9.17) is 4.42 Å². The number of amides is 1. The van der Waals surface area contributed by atoms with Crippen LogP contribution in [0.15, 0.2) is 52.1 Å². The van der Waals surface area contributed by atoms with Crippen LogP contribution in [0.4, 0.5) is 5.69 Å². The number of benzene rings is 2. The van der Waals surface area contributed by atoms with Crippen molar-refractivity contribution in [2.24, 2.45) is 0 Å². The number of Topliss-reactive ketones (excluding diaryl/α,β-unsaturated/α-hetero) is 1. The minimum Gasteiger partial charge on any atom is -0.411 e. The summed E-state index contributed by atoms with van der Waals surface area (Å²) in [6.07, 6.45) is 0. The van der Waals surface area contributed by atoms with E-state index in [1.807, 2.05) is 32.0 Å². The molecule has 1 atom stereocenters. The van der Waals surface area contributed by atoms with Crippen molar-refractivity contribution in [1.82, 2.24) is 10.2 Å². The molecule has 0 saturated heterocycles. The van der Waals surface area contributed by atoms with Gasteiger partial charge in [0.05, 0.1) is 5.25 Å². The molecule has 1 heterocycles. The highest BCUT2D eigenvalue weighted by Crippen LogP contribution is 2.27. The lowest BCUT2D eigenvalue weighted by Gasteiger charge is -2.10. The van der Waals surface area contributed by atoms with Crippen molar-refractivity contribution in [3.8, 4) is 11.5 Å². The molecule has 0 aliphatic heterocycles. The lowest BCUT2D eigenvalue weighted by atomic mass is 10.1. The number of carbonyl (C=O) groups excluding carboxylic acids is 2. The average molecular weight is 395 g/mol. The number of nitrogens with one attached hydrogen (secondary N) is 1. The van der Waals surface area contributed by atoms with Gasteiger partial charge in [-0.2, -0.15) is 0 Å². The van der Waals surface area contributed by atoms with Gasteiger partial charge in [0.2, 0.25) is 11.8 Å². The van der Waals surface area contributed by atoms with Crippen molar-refractivity contribution in [3.63, 3.8) is 0 Å². The summed E-state index contributed by atoms with van der Waals surface area (Å²) in [5.41, 5.74) is 4.42. The summed E-state index contributed by atoms with van der Waals surface area (Å²) in [4.78, 5) is 23.7.